The van der Waals surface area contributed by atoms with Gasteiger partial charge in [0.05, 0.1) is 24.6 Å². The van der Waals surface area contributed by atoms with Crippen LogP contribution in [-0.4, -0.2) is 47.8 Å². The SMILES string of the molecule is CCOc1cc(C2C3=C(CCCC3=O)N(CCC(=O)O)C3=C2C(=O)CCC3)cc(Br)c1OC. The summed E-state index contributed by atoms with van der Waals surface area (Å²) in [5, 5.41) is 9.31. The number of nitrogens with zero attached hydrogens (tertiary/aromatic N) is 1. The van der Waals surface area contributed by atoms with Crippen molar-refractivity contribution in [1.82, 2.24) is 4.90 Å². The van der Waals surface area contributed by atoms with E-state index in [0.29, 0.717) is 59.4 Å². The highest BCUT2D eigenvalue weighted by molar-refractivity contribution is 9.10. The number of carbonyl (C=O) groups excluding carboxylic acids is 2. The number of aliphatic carboxylic acids is 1. The van der Waals surface area contributed by atoms with E-state index in [2.05, 4.69) is 15.9 Å². The van der Waals surface area contributed by atoms with Crippen LogP contribution in [0.5, 0.6) is 11.5 Å². The molecule has 0 amide bonds. The molecule has 1 aromatic carbocycles. The quantitative estimate of drug-likeness (QED) is 0.557. The monoisotopic (exact) mass is 517 g/mol. The Morgan fingerprint density at radius 1 is 1.09 bits per heavy atom. The number of ketones is 2. The van der Waals surface area contributed by atoms with Crippen LogP contribution in [0.25, 0.3) is 0 Å². The standard InChI is InChI=1S/C25H28BrNO6/c1-3-33-20-13-14(12-15(26)25(20)32-2)22-23-16(6-4-8-18(23)28)27(11-10-21(30)31)17-7-5-9-19(29)24(17)22/h12-13,22H,3-11H2,1-2H3,(H,30,31). The van der Waals surface area contributed by atoms with Gasteiger partial charge in [0.1, 0.15) is 0 Å². The Balaban J connectivity index is 1.94. The van der Waals surface area contributed by atoms with Gasteiger partial charge in [-0.1, -0.05) is 0 Å². The molecule has 2 aliphatic carbocycles. The summed E-state index contributed by atoms with van der Waals surface area (Å²) in [5.74, 6) is -0.224. The van der Waals surface area contributed by atoms with E-state index >= 15 is 0 Å². The fourth-order valence-corrected chi connectivity index (χ4v) is 5.86. The number of halogens is 1. The number of methoxy groups -OCH3 is 1. The molecule has 0 saturated carbocycles. The van der Waals surface area contributed by atoms with Gasteiger partial charge in [0.25, 0.3) is 0 Å². The number of carboxylic acid groups (broad SMARTS) is 1. The molecule has 1 aliphatic heterocycles. The first-order valence-electron chi connectivity index (χ1n) is 11.4. The first-order chi connectivity index (χ1) is 15.9. The Morgan fingerprint density at radius 3 is 2.21 bits per heavy atom. The van der Waals surface area contributed by atoms with Gasteiger partial charge in [0, 0.05) is 47.8 Å². The van der Waals surface area contributed by atoms with Crippen molar-refractivity contribution in [1.29, 1.82) is 0 Å². The summed E-state index contributed by atoms with van der Waals surface area (Å²) in [4.78, 5) is 39.9. The zero-order valence-electron chi connectivity index (χ0n) is 18.9. The average molecular weight is 518 g/mol. The Kier molecular flexibility index (Phi) is 6.93. The van der Waals surface area contributed by atoms with Gasteiger partial charge < -0.3 is 19.5 Å². The maximum absolute atomic E-state index is 13.3. The first kappa shape index (κ1) is 23.5. The molecule has 176 valence electrons. The number of benzene rings is 1. The number of rotatable bonds is 7. The lowest BCUT2D eigenvalue weighted by Crippen LogP contribution is -2.39. The molecule has 0 unspecified atom stereocenters. The summed E-state index contributed by atoms with van der Waals surface area (Å²) >= 11 is 3.57. The zero-order valence-corrected chi connectivity index (χ0v) is 20.5. The fraction of sp³-hybridized carbons (Fsp3) is 0.480. The van der Waals surface area contributed by atoms with Crippen LogP contribution >= 0.6 is 15.9 Å². The van der Waals surface area contributed by atoms with Crippen molar-refractivity contribution < 1.29 is 29.0 Å². The van der Waals surface area contributed by atoms with Crippen molar-refractivity contribution in [2.45, 2.75) is 57.8 Å². The number of hydrogen-bond donors (Lipinski definition) is 1. The Morgan fingerprint density at radius 2 is 1.70 bits per heavy atom. The third-order valence-corrected chi connectivity index (χ3v) is 7.09. The van der Waals surface area contributed by atoms with Crippen LogP contribution in [0, 0.1) is 0 Å². The van der Waals surface area contributed by atoms with Crippen molar-refractivity contribution in [3.63, 3.8) is 0 Å². The molecule has 1 N–H and O–H groups in total. The van der Waals surface area contributed by atoms with Crippen molar-refractivity contribution in [2.75, 3.05) is 20.3 Å². The number of allylic oxidation sites excluding steroid dienone is 4. The van der Waals surface area contributed by atoms with Gasteiger partial charge in [0.2, 0.25) is 0 Å². The molecule has 33 heavy (non-hydrogen) atoms. The molecule has 3 aliphatic rings. The van der Waals surface area contributed by atoms with E-state index in [-0.39, 0.29) is 24.5 Å². The van der Waals surface area contributed by atoms with Gasteiger partial charge in [-0.3, -0.25) is 14.4 Å². The van der Waals surface area contributed by atoms with Crippen LogP contribution in [0.3, 0.4) is 0 Å². The number of ether oxygens (including phenoxy) is 2. The lowest BCUT2D eigenvalue weighted by Gasteiger charge is -2.44. The van der Waals surface area contributed by atoms with Crippen LogP contribution in [-0.2, 0) is 14.4 Å². The summed E-state index contributed by atoms with van der Waals surface area (Å²) in [7, 11) is 1.57. The molecule has 0 aromatic heterocycles. The van der Waals surface area contributed by atoms with Crippen molar-refractivity contribution in [3.05, 3.63) is 44.7 Å². The van der Waals surface area contributed by atoms with Gasteiger partial charge >= 0.3 is 5.97 Å². The number of carboxylic acids is 1. The highest BCUT2D eigenvalue weighted by Crippen LogP contribution is 2.51. The van der Waals surface area contributed by atoms with E-state index in [4.69, 9.17) is 9.47 Å². The summed E-state index contributed by atoms with van der Waals surface area (Å²) < 4.78 is 12.0. The lowest BCUT2D eigenvalue weighted by atomic mass is 9.71. The molecule has 0 spiro atoms. The van der Waals surface area contributed by atoms with E-state index in [1.54, 1.807) is 7.11 Å². The summed E-state index contributed by atoms with van der Waals surface area (Å²) in [6.07, 6.45) is 3.63. The van der Waals surface area contributed by atoms with Gasteiger partial charge in [-0.15, -0.1) is 0 Å². The minimum atomic E-state index is -0.897. The summed E-state index contributed by atoms with van der Waals surface area (Å²) in [5.41, 5.74) is 3.79. The predicted molar refractivity (Wildman–Crippen MR) is 125 cm³/mol. The molecule has 1 aromatic rings. The molecular formula is C25H28BrNO6. The van der Waals surface area contributed by atoms with Crippen LogP contribution < -0.4 is 9.47 Å². The van der Waals surface area contributed by atoms with Crippen molar-refractivity contribution in [3.8, 4) is 11.5 Å². The van der Waals surface area contributed by atoms with Crippen LogP contribution in [0.1, 0.15) is 63.4 Å². The second-order valence-electron chi connectivity index (χ2n) is 8.47. The fourth-order valence-electron chi connectivity index (χ4n) is 5.24. The highest BCUT2D eigenvalue weighted by Gasteiger charge is 2.43. The van der Waals surface area contributed by atoms with Crippen molar-refractivity contribution in [2.24, 2.45) is 0 Å². The highest BCUT2D eigenvalue weighted by atomic mass is 79.9. The van der Waals surface area contributed by atoms with E-state index < -0.39 is 11.9 Å². The predicted octanol–water partition coefficient (Wildman–Crippen LogP) is 4.74. The van der Waals surface area contributed by atoms with Crippen LogP contribution in [0.15, 0.2) is 39.1 Å². The molecule has 4 rings (SSSR count). The molecule has 0 atom stereocenters. The normalized spacial score (nSPS) is 18.9. The second kappa shape index (κ2) is 9.71. The second-order valence-corrected chi connectivity index (χ2v) is 9.32. The van der Waals surface area contributed by atoms with E-state index in [1.807, 2.05) is 24.0 Å². The first-order valence-corrected chi connectivity index (χ1v) is 12.2. The molecule has 0 saturated heterocycles. The maximum atomic E-state index is 13.3. The Labute approximate surface area is 201 Å². The van der Waals surface area contributed by atoms with Crippen LogP contribution in [0.2, 0.25) is 0 Å². The Hall–Kier alpha value is -2.61. The Bertz CT molecular complexity index is 1030. The molecule has 0 fully saturated rings. The minimum Gasteiger partial charge on any atom is -0.492 e. The summed E-state index contributed by atoms with van der Waals surface area (Å²) in [6.45, 7) is 2.59. The molecule has 7 nitrogen and oxygen atoms in total. The smallest absolute Gasteiger partial charge is 0.305 e. The lowest BCUT2D eigenvalue weighted by molar-refractivity contribution is -0.137. The van der Waals surface area contributed by atoms with Crippen molar-refractivity contribution >= 4 is 33.5 Å². The minimum absolute atomic E-state index is 0.0244. The number of hydrogen-bond acceptors (Lipinski definition) is 6. The third kappa shape index (κ3) is 4.33. The molecular weight excluding hydrogens is 490 g/mol. The third-order valence-electron chi connectivity index (χ3n) is 6.50. The topological polar surface area (TPSA) is 93.1 Å². The van der Waals surface area contributed by atoms with Crippen LogP contribution in [0.4, 0.5) is 0 Å². The van der Waals surface area contributed by atoms with E-state index in [1.165, 1.54) is 0 Å². The largest absolute Gasteiger partial charge is 0.492 e. The molecule has 0 radical (unpaired) electrons. The molecule has 1 heterocycles. The van der Waals surface area contributed by atoms with Gasteiger partial charge in [-0.25, -0.2) is 0 Å². The summed E-state index contributed by atoms with van der Waals surface area (Å²) in [6, 6.07) is 3.77. The molecule has 0 bridgehead atoms. The van der Waals surface area contributed by atoms with E-state index in [0.717, 1.165) is 29.8 Å². The van der Waals surface area contributed by atoms with Gasteiger partial charge in [0.15, 0.2) is 23.1 Å². The number of carbonyl (C=O) groups is 3. The number of Topliss-reactive ketones (excluding diaryl/α,β-unsaturated/α-hetero) is 2. The zero-order chi connectivity index (χ0) is 23.7. The van der Waals surface area contributed by atoms with Gasteiger partial charge in [-0.2, -0.15) is 0 Å². The van der Waals surface area contributed by atoms with Gasteiger partial charge in [-0.05, 0) is 66.2 Å². The maximum Gasteiger partial charge on any atom is 0.305 e. The molecule has 8 heteroatoms. The average Bonchev–Trinajstić information content (AvgIpc) is 2.77. The van der Waals surface area contributed by atoms with E-state index in [9.17, 15) is 19.5 Å².